The van der Waals surface area contributed by atoms with Crippen LogP contribution in [0.25, 0.3) is 5.65 Å². The van der Waals surface area contributed by atoms with Gasteiger partial charge in [0.1, 0.15) is 5.65 Å². The molecular formula is C20H25N5. The Balaban J connectivity index is 1.52. The van der Waals surface area contributed by atoms with Crippen molar-refractivity contribution in [3.8, 4) is 0 Å². The number of hydrogen-bond acceptors (Lipinski definition) is 2. The number of aliphatic imine (C=N–C) groups is 1. The first-order valence-corrected chi connectivity index (χ1v) is 8.59. The molecule has 3 rings (SSSR count). The fraction of sp³-hybridized carbons (Fsp3) is 0.300. The van der Waals surface area contributed by atoms with Crippen LogP contribution >= 0.6 is 0 Å². The maximum Gasteiger partial charge on any atom is 0.191 e. The minimum Gasteiger partial charge on any atom is -0.356 e. The Hall–Kier alpha value is -2.82. The van der Waals surface area contributed by atoms with Gasteiger partial charge >= 0.3 is 0 Å². The number of pyridine rings is 1. The number of hydrogen-bond donors (Lipinski definition) is 2. The van der Waals surface area contributed by atoms with E-state index in [-0.39, 0.29) is 0 Å². The quantitative estimate of drug-likeness (QED) is 0.557. The van der Waals surface area contributed by atoms with Gasteiger partial charge in [0.2, 0.25) is 0 Å². The summed E-state index contributed by atoms with van der Waals surface area (Å²) < 4.78 is 2.08. The third kappa shape index (κ3) is 4.18. The van der Waals surface area contributed by atoms with Gasteiger partial charge in [-0.05, 0) is 36.6 Å². The van der Waals surface area contributed by atoms with Crippen molar-refractivity contribution in [2.24, 2.45) is 4.99 Å². The zero-order valence-electron chi connectivity index (χ0n) is 15.1. The SMILES string of the molecule is CN=C(NCCc1cn2cccc(C)c2n1)NCc1ccccc1C. The van der Waals surface area contributed by atoms with Crippen LogP contribution < -0.4 is 10.6 Å². The summed E-state index contributed by atoms with van der Waals surface area (Å²) in [5.74, 6) is 0.809. The molecule has 0 spiro atoms. The third-order valence-corrected chi connectivity index (χ3v) is 4.33. The van der Waals surface area contributed by atoms with Crippen LogP contribution in [0, 0.1) is 13.8 Å². The highest BCUT2D eigenvalue weighted by Gasteiger charge is 2.05. The monoisotopic (exact) mass is 335 g/mol. The normalized spacial score (nSPS) is 11.7. The van der Waals surface area contributed by atoms with Crippen molar-refractivity contribution in [1.29, 1.82) is 0 Å². The fourth-order valence-corrected chi connectivity index (χ4v) is 2.84. The molecule has 0 aliphatic rings. The summed E-state index contributed by atoms with van der Waals surface area (Å²) in [5, 5.41) is 6.72. The molecule has 0 aliphatic carbocycles. The maximum absolute atomic E-state index is 4.70. The van der Waals surface area contributed by atoms with Crippen molar-refractivity contribution in [1.82, 2.24) is 20.0 Å². The molecule has 0 saturated carbocycles. The largest absolute Gasteiger partial charge is 0.356 e. The second-order valence-corrected chi connectivity index (χ2v) is 6.18. The minimum absolute atomic E-state index is 0.764. The molecular weight excluding hydrogens is 310 g/mol. The Bertz CT molecular complexity index is 879. The Labute approximate surface area is 148 Å². The van der Waals surface area contributed by atoms with Gasteiger partial charge in [-0.15, -0.1) is 0 Å². The van der Waals surface area contributed by atoms with E-state index in [1.807, 2.05) is 12.3 Å². The fourth-order valence-electron chi connectivity index (χ4n) is 2.84. The van der Waals surface area contributed by atoms with Gasteiger partial charge in [0.05, 0.1) is 5.69 Å². The Kier molecular flexibility index (Phi) is 5.33. The van der Waals surface area contributed by atoms with Crippen LogP contribution in [-0.4, -0.2) is 28.9 Å². The number of aryl methyl sites for hydroxylation is 2. The van der Waals surface area contributed by atoms with Crippen molar-refractivity contribution >= 4 is 11.6 Å². The Morgan fingerprint density at radius 1 is 1.08 bits per heavy atom. The lowest BCUT2D eigenvalue weighted by atomic mass is 10.1. The number of guanidine groups is 1. The van der Waals surface area contributed by atoms with Crippen LogP contribution in [0.4, 0.5) is 0 Å². The number of fused-ring (bicyclic) bond motifs is 1. The van der Waals surface area contributed by atoms with Crippen LogP contribution in [0.2, 0.25) is 0 Å². The number of imidazole rings is 1. The van der Waals surface area contributed by atoms with Crippen LogP contribution in [0.15, 0.2) is 53.8 Å². The average molecular weight is 335 g/mol. The number of rotatable bonds is 5. The van der Waals surface area contributed by atoms with E-state index in [4.69, 9.17) is 4.98 Å². The lowest BCUT2D eigenvalue weighted by Gasteiger charge is -2.12. The lowest BCUT2D eigenvalue weighted by Crippen LogP contribution is -2.38. The molecule has 0 saturated heterocycles. The van der Waals surface area contributed by atoms with Crippen molar-refractivity contribution in [3.05, 3.63) is 71.2 Å². The first-order valence-electron chi connectivity index (χ1n) is 8.59. The molecule has 2 aromatic heterocycles. The van der Waals surface area contributed by atoms with E-state index in [9.17, 15) is 0 Å². The van der Waals surface area contributed by atoms with E-state index in [0.717, 1.165) is 36.8 Å². The summed E-state index contributed by atoms with van der Waals surface area (Å²) >= 11 is 0. The number of nitrogens with one attached hydrogen (secondary N) is 2. The molecule has 0 fully saturated rings. The van der Waals surface area contributed by atoms with Crippen molar-refractivity contribution in [2.75, 3.05) is 13.6 Å². The maximum atomic E-state index is 4.70. The van der Waals surface area contributed by atoms with E-state index < -0.39 is 0 Å². The zero-order valence-corrected chi connectivity index (χ0v) is 15.1. The second kappa shape index (κ2) is 7.83. The molecule has 1 aromatic carbocycles. The Morgan fingerprint density at radius 2 is 1.88 bits per heavy atom. The molecule has 130 valence electrons. The van der Waals surface area contributed by atoms with Crippen LogP contribution in [0.1, 0.15) is 22.4 Å². The molecule has 0 radical (unpaired) electrons. The molecule has 25 heavy (non-hydrogen) atoms. The summed E-state index contributed by atoms with van der Waals surface area (Å²) in [7, 11) is 1.79. The topological polar surface area (TPSA) is 53.7 Å². The summed E-state index contributed by atoms with van der Waals surface area (Å²) in [5.41, 5.74) is 5.86. The van der Waals surface area contributed by atoms with Crippen molar-refractivity contribution in [2.45, 2.75) is 26.8 Å². The predicted octanol–water partition coefficient (Wildman–Crippen LogP) is 2.86. The molecule has 0 aliphatic heterocycles. The first kappa shape index (κ1) is 17.0. The summed E-state index contributed by atoms with van der Waals surface area (Å²) in [6, 6.07) is 12.5. The molecule has 0 unspecified atom stereocenters. The van der Waals surface area contributed by atoms with E-state index in [1.165, 1.54) is 16.7 Å². The number of benzene rings is 1. The van der Waals surface area contributed by atoms with Gasteiger partial charge in [-0.3, -0.25) is 4.99 Å². The molecule has 0 atom stereocenters. The van der Waals surface area contributed by atoms with E-state index in [1.54, 1.807) is 7.05 Å². The van der Waals surface area contributed by atoms with Gasteiger partial charge in [0.25, 0.3) is 0 Å². The highest BCUT2D eigenvalue weighted by atomic mass is 15.2. The highest BCUT2D eigenvalue weighted by Crippen LogP contribution is 2.10. The van der Waals surface area contributed by atoms with E-state index in [2.05, 4.69) is 70.4 Å². The molecule has 0 amide bonds. The van der Waals surface area contributed by atoms with Crippen molar-refractivity contribution in [3.63, 3.8) is 0 Å². The lowest BCUT2D eigenvalue weighted by molar-refractivity contribution is 0.785. The van der Waals surface area contributed by atoms with Gasteiger partial charge < -0.3 is 15.0 Å². The first-order chi connectivity index (χ1) is 12.2. The van der Waals surface area contributed by atoms with Gasteiger partial charge in [0, 0.05) is 39.0 Å². The smallest absolute Gasteiger partial charge is 0.191 e. The summed E-state index contributed by atoms with van der Waals surface area (Å²) in [6.45, 7) is 5.76. The molecule has 5 nitrogen and oxygen atoms in total. The van der Waals surface area contributed by atoms with E-state index in [0.29, 0.717) is 0 Å². The molecule has 2 heterocycles. The summed E-state index contributed by atoms with van der Waals surface area (Å²) in [4.78, 5) is 8.99. The Morgan fingerprint density at radius 3 is 2.64 bits per heavy atom. The second-order valence-electron chi connectivity index (χ2n) is 6.18. The highest BCUT2D eigenvalue weighted by molar-refractivity contribution is 5.79. The third-order valence-electron chi connectivity index (χ3n) is 4.33. The van der Waals surface area contributed by atoms with Crippen LogP contribution in [0.3, 0.4) is 0 Å². The van der Waals surface area contributed by atoms with E-state index >= 15 is 0 Å². The number of aromatic nitrogens is 2. The molecule has 0 bridgehead atoms. The summed E-state index contributed by atoms with van der Waals surface area (Å²) in [6.07, 6.45) is 4.98. The van der Waals surface area contributed by atoms with Crippen molar-refractivity contribution < 1.29 is 0 Å². The standard InChI is InChI=1S/C20H25N5/c1-15-7-4-5-9-17(15)13-23-20(21-3)22-11-10-18-14-25-12-6-8-16(2)19(25)24-18/h4-9,12,14H,10-11,13H2,1-3H3,(H2,21,22,23). The average Bonchev–Trinajstić information content (AvgIpc) is 3.03. The molecule has 2 N–H and O–H groups in total. The van der Waals surface area contributed by atoms with Gasteiger partial charge in [-0.2, -0.15) is 0 Å². The predicted molar refractivity (Wildman–Crippen MR) is 103 cm³/mol. The van der Waals surface area contributed by atoms with Gasteiger partial charge in [-0.1, -0.05) is 30.3 Å². The van der Waals surface area contributed by atoms with Crippen LogP contribution in [0.5, 0.6) is 0 Å². The van der Waals surface area contributed by atoms with Gasteiger partial charge in [0.15, 0.2) is 5.96 Å². The molecule has 3 aromatic rings. The zero-order chi connectivity index (χ0) is 17.6. The number of nitrogens with zero attached hydrogens (tertiary/aromatic N) is 3. The van der Waals surface area contributed by atoms with Crippen LogP contribution in [-0.2, 0) is 13.0 Å². The minimum atomic E-state index is 0.764. The molecule has 5 heteroatoms. The van der Waals surface area contributed by atoms with Gasteiger partial charge in [-0.25, -0.2) is 4.98 Å².